The monoisotopic (exact) mass is 241 g/mol. The number of nitrogens with zero attached hydrogens (tertiary/aromatic N) is 1. The van der Waals surface area contributed by atoms with Crippen LogP contribution >= 0.6 is 11.6 Å². The molecule has 1 unspecified atom stereocenters. The number of rotatable bonds is 2. The van der Waals surface area contributed by atoms with E-state index in [2.05, 4.69) is 4.98 Å². The van der Waals surface area contributed by atoms with Gasteiger partial charge in [0.15, 0.2) is 11.1 Å². The molecule has 15 heavy (non-hydrogen) atoms. The van der Waals surface area contributed by atoms with Crippen molar-refractivity contribution in [2.45, 2.75) is 5.75 Å². The topological polar surface area (TPSA) is 50.2 Å². The van der Waals surface area contributed by atoms with Crippen LogP contribution in [-0.2, 0) is 16.8 Å². The van der Waals surface area contributed by atoms with Gasteiger partial charge in [0.05, 0.1) is 16.3 Å². The highest BCUT2D eigenvalue weighted by Crippen LogP contribution is 2.24. The molecule has 2 aromatic rings. The van der Waals surface area contributed by atoms with E-state index in [-0.39, 0.29) is 5.75 Å². The molecule has 0 amide bonds. The molecule has 0 saturated heterocycles. The summed E-state index contributed by atoms with van der Waals surface area (Å²) >= 11 is 4.12. The molecule has 1 atom stereocenters. The van der Waals surface area contributed by atoms with Crippen molar-refractivity contribution in [1.29, 1.82) is 0 Å². The molecular weight excluding hydrogens is 234 g/mol. The van der Waals surface area contributed by atoms with E-state index < -0.39 is 11.1 Å². The van der Waals surface area contributed by atoms with E-state index in [4.69, 9.17) is 16.2 Å². The van der Waals surface area contributed by atoms with Gasteiger partial charge in [0.1, 0.15) is 0 Å². The third-order valence-electron chi connectivity index (χ3n) is 2.08. The molecule has 3 nitrogen and oxygen atoms in total. The average molecular weight is 242 g/mol. The molecule has 0 saturated carbocycles. The summed E-state index contributed by atoms with van der Waals surface area (Å²) in [6, 6.07) is 7.12. The van der Waals surface area contributed by atoms with E-state index in [1.165, 1.54) is 0 Å². The molecule has 0 aliphatic rings. The Morgan fingerprint density at radius 2 is 2.20 bits per heavy atom. The zero-order chi connectivity index (χ0) is 10.8. The third-order valence-corrected chi connectivity index (χ3v) is 2.97. The fraction of sp³-hybridized carbons (Fsp3) is 0.100. The Labute approximate surface area is 94.4 Å². The quantitative estimate of drug-likeness (QED) is 0.823. The van der Waals surface area contributed by atoms with E-state index in [1.54, 1.807) is 24.4 Å². The predicted octanol–water partition coefficient (Wildman–Crippen LogP) is 2.61. The first-order valence-electron chi connectivity index (χ1n) is 4.28. The Balaban J connectivity index is 2.65. The van der Waals surface area contributed by atoms with Crippen molar-refractivity contribution < 1.29 is 8.76 Å². The van der Waals surface area contributed by atoms with E-state index >= 15 is 0 Å². The Morgan fingerprint density at radius 3 is 2.93 bits per heavy atom. The van der Waals surface area contributed by atoms with Crippen LogP contribution in [0.25, 0.3) is 10.9 Å². The van der Waals surface area contributed by atoms with Crippen LogP contribution in [0.15, 0.2) is 30.5 Å². The molecule has 0 aliphatic heterocycles. The summed E-state index contributed by atoms with van der Waals surface area (Å²) in [6.07, 6.45) is 1.59. The van der Waals surface area contributed by atoms with Gasteiger partial charge in [-0.25, -0.2) is 4.21 Å². The summed E-state index contributed by atoms with van der Waals surface area (Å²) in [7, 11) is 0. The van der Waals surface area contributed by atoms with Gasteiger partial charge in [-0.3, -0.25) is 4.98 Å². The number of benzene rings is 1. The van der Waals surface area contributed by atoms with Gasteiger partial charge in [0, 0.05) is 11.6 Å². The minimum absolute atomic E-state index is 0.0741. The standard InChI is InChI=1S/C10H8ClNO2S/c11-9-4-5-12-10-7(6-15(13)14)2-1-3-8(9)10/h1-5H,6H2,(H,13,14). The smallest absolute Gasteiger partial charge is 0.157 e. The molecule has 0 aliphatic carbocycles. The second-order valence-electron chi connectivity index (χ2n) is 3.07. The van der Waals surface area contributed by atoms with Crippen molar-refractivity contribution >= 4 is 33.6 Å². The van der Waals surface area contributed by atoms with Gasteiger partial charge < -0.3 is 4.55 Å². The summed E-state index contributed by atoms with van der Waals surface area (Å²) in [5.41, 5.74) is 1.42. The van der Waals surface area contributed by atoms with Gasteiger partial charge >= 0.3 is 0 Å². The molecule has 0 radical (unpaired) electrons. The van der Waals surface area contributed by atoms with Crippen molar-refractivity contribution in [2.75, 3.05) is 0 Å². The Morgan fingerprint density at radius 1 is 1.40 bits per heavy atom. The highest BCUT2D eigenvalue weighted by molar-refractivity contribution is 7.78. The Bertz CT molecular complexity index is 530. The third kappa shape index (κ3) is 2.17. The summed E-state index contributed by atoms with van der Waals surface area (Å²) in [5.74, 6) is 0.0741. The van der Waals surface area contributed by atoms with Crippen LogP contribution in [-0.4, -0.2) is 13.7 Å². The molecule has 1 heterocycles. The zero-order valence-corrected chi connectivity index (χ0v) is 9.26. The second kappa shape index (κ2) is 4.26. The van der Waals surface area contributed by atoms with Gasteiger partial charge in [-0.1, -0.05) is 29.8 Å². The van der Waals surface area contributed by atoms with E-state index in [0.717, 1.165) is 10.9 Å². The van der Waals surface area contributed by atoms with Crippen molar-refractivity contribution in [3.05, 3.63) is 41.0 Å². The number of hydrogen-bond donors (Lipinski definition) is 1. The number of aromatic nitrogens is 1. The normalized spacial score (nSPS) is 12.9. The van der Waals surface area contributed by atoms with Crippen molar-refractivity contribution in [1.82, 2.24) is 4.98 Å². The first-order valence-corrected chi connectivity index (χ1v) is 5.93. The molecular formula is C10H8ClNO2S. The summed E-state index contributed by atoms with van der Waals surface area (Å²) in [4.78, 5) is 4.17. The van der Waals surface area contributed by atoms with Crippen LogP contribution in [0.4, 0.5) is 0 Å². The van der Waals surface area contributed by atoms with Gasteiger partial charge in [0.2, 0.25) is 0 Å². The highest BCUT2D eigenvalue weighted by atomic mass is 35.5. The second-order valence-corrected chi connectivity index (χ2v) is 4.41. The first-order chi connectivity index (χ1) is 7.18. The lowest BCUT2D eigenvalue weighted by molar-refractivity contribution is 0.563. The van der Waals surface area contributed by atoms with E-state index in [0.29, 0.717) is 10.5 Å². The van der Waals surface area contributed by atoms with Crippen LogP contribution in [0.2, 0.25) is 5.02 Å². The van der Waals surface area contributed by atoms with Gasteiger partial charge in [-0.05, 0) is 11.6 Å². The first kappa shape index (κ1) is 10.5. The number of pyridine rings is 1. The lowest BCUT2D eigenvalue weighted by Crippen LogP contribution is -1.95. The van der Waals surface area contributed by atoms with Gasteiger partial charge in [-0.2, -0.15) is 0 Å². The molecule has 0 bridgehead atoms. The number of halogens is 1. The van der Waals surface area contributed by atoms with Crippen LogP contribution < -0.4 is 0 Å². The molecule has 1 aromatic carbocycles. The molecule has 0 spiro atoms. The summed E-state index contributed by atoms with van der Waals surface area (Å²) in [5, 5.41) is 1.41. The van der Waals surface area contributed by atoms with Crippen LogP contribution in [0, 0.1) is 0 Å². The van der Waals surface area contributed by atoms with Gasteiger partial charge in [-0.15, -0.1) is 0 Å². The predicted molar refractivity (Wildman–Crippen MR) is 61.2 cm³/mol. The van der Waals surface area contributed by atoms with Crippen LogP contribution in [0.3, 0.4) is 0 Å². The Kier molecular flexibility index (Phi) is 3.00. The van der Waals surface area contributed by atoms with E-state index in [9.17, 15) is 4.21 Å². The minimum atomic E-state index is -1.86. The molecule has 0 fully saturated rings. The Hall–Kier alpha value is -0.970. The fourth-order valence-electron chi connectivity index (χ4n) is 1.45. The maximum absolute atomic E-state index is 10.7. The maximum Gasteiger partial charge on any atom is 0.157 e. The number of para-hydroxylation sites is 1. The lowest BCUT2D eigenvalue weighted by atomic mass is 10.1. The summed E-state index contributed by atoms with van der Waals surface area (Å²) in [6.45, 7) is 0. The largest absolute Gasteiger partial charge is 0.306 e. The SMILES string of the molecule is O=S(O)Cc1cccc2c(Cl)ccnc12. The molecule has 1 N–H and O–H groups in total. The fourth-order valence-corrected chi connectivity index (χ4v) is 2.16. The maximum atomic E-state index is 10.7. The van der Waals surface area contributed by atoms with Crippen molar-refractivity contribution in [3.63, 3.8) is 0 Å². The van der Waals surface area contributed by atoms with Crippen LogP contribution in [0.5, 0.6) is 0 Å². The molecule has 5 heteroatoms. The molecule has 2 rings (SSSR count). The van der Waals surface area contributed by atoms with E-state index in [1.807, 2.05) is 6.07 Å². The molecule has 78 valence electrons. The van der Waals surface area contributed by atoms with Crippen LogP contribution in [0.1, 0.15) is 5.56 Å². The van der Waals surface area contributed by atoms with Crippen molar-refractivity contribution in [3.8, 4) is 0 Å². The van der Waals surface area contributed by atoms with Crippen molar-refractivity contribution in [2.24, 2.45) is 0 Å². The molecule has 1 aromatic heterocycles. The number of fused-ring (bicyclic) bond motifs is 1. The highest BCUT2D eigenvalue weighted by Gasteiger charge is 2.06. The number of hydrogen-bond acceptors (Lipinski definition) is 2. The minimum Gasteiger partial charge on any atom is -0.306 e. The van der Waals surface area contributed by atoms with Gasteiger partial charge in [0.25, 0.3) is 0 Å². The lowest BCUT2D eigenvalue weighted by Gasteiger charge is -2.04. The summed E-state index contributed by atoms with van der Waals surface area (Å²) < 4.78 is 19.6. The zero-order valence-electron chi connectivity index (χ0n) is 7.68. The average Bonchev–Trinajstić information content (AvgIpc) is 2.19.